The molecular weight excluding hydrogens is 325 g/mol. The average molecular weight is 344 g/mol. The van der Waals surface area contributed by atoms with Crippen LogP contribution in [0.3, 0.4) is 0 Å². The molecule has 0 radical (unpaired) electrons. The number of hydrogen-bond donors (Lipinski definition) is 1. The molecule has 24 heavy (non-hydrogen) atoms. The van der Waals surface area contributed by atoms with Crippen LogP contribution in [0.1, 0.15) is 24.8 Å². The van der Waals surface area contributed by atoms with Gasteiger partial charge in [-0.15, -0.1) is 0 Å². The van der Waals surface area contributed by atoms with E-state index in [1.54, 1.807) is 11.0 Å². The highest BCUT2D eigenvalue weighted by molar-refractivity contribution is 5.77. The maximum atomic E-state index is 12.8. The lowest BCUT2D eigenvalue weighted by atomic mass is 10.1. The molecule has 1 N–H and O–H groups in total. The number of aliphatic carboxylic acids is 1. The lowest BCUT2D eigenvalue weighted by Crippen LogP contribution is -2.48. The van der Waals surface area contributed by atoms with Crippen LogP contribution in [-0.4, -0.2) is 48.1 Å². The van der Waals surface area contributed by atoms with Crippen LogP contribution in [0.25, 0.3) is 0 Å². The summed E-state index contributed by atoms with van der Waals surface area (Å²) in [5.41, 5.74) is -0.199. The van der Waals surface area contributed by atoms with Gasteiger partial charge in [0.15, 0.2) is 0 Å². The molecule has 0 bridgehead atoms. The third-order valence-corrected chi connectivity index (χ3v) is 3.95. The highest BCUT2D eigenvalue weighted by Gasteiger charge is 2.31. The van der Waals surface area contributed by atoms with E-state index in [2.05, 4.69) is 0 Å². The Labute approximate surface area is 137 Å². The minimum Gasteiger partial charge on any atom is -0.481 e. The van der Waals surface area contributed by atoms with Gasteiger partial charge in [-0.2, -0.15) is 13.2 Å². The minimum absolute atomic E-state index is 0.0457. The summed E-state index contributed by atoms with van der Waals surface area (Å²) in [6.07, 6.45) is -3.95. The van der Waals surface area contributed by atoms with Crippen molar-refractivity contribution in [3.8, 4) is 0 Å². The average Bonchev–Trinajstić information content (AvgIpc) is 2.54. The number of anilines is 1. The maximum Gasteiger partial charge on any atom is 0.416 e. The molecule has 5 nitrogen and oxygen atoms in total. The number of halogens is 3. The van der Waals surface area contributed by atoms with Crippen LogP contribution in [0, 0.1) is 0 Å². The van der Waals surface area contributed by atoms with Gasteiger partial charge < -0.3 is 14.9 Å². The maximum absolute atomic E-state index is 12.8. The van der Waals surface area contributed by atoms with Gasteiger partial charge in [-0.25, -0.2) is 0 Å². The molecule has 132 valence electrons. The molecule has 1 saturated heterocycles. The zero-order chi connectivity index (χ0) is 17.7. The van der Waals surface area contributed by atoms with Crippen LogP contribution in [0.15, 0.2) is 24.3 Å². The van der Waals surface area contributed by atoms with Crippen molar-refractivity contribution in [1.29, 1.82) is 0 Å². The van der Waals surface area contributed by atoms with Gasteiger partial charge in [-0.1, -0.05) is 6.07 Å². The smallest absolute Gasteiger partial charge is 0.416 e. The van der Waals surface area contributed by atoms with E-state index in [1.807, 2.05) is 4.90 Å². The van der Waals surface area contributed by atoms with Crippen molar-refractivity contribution in [2.75, 3.05) is 31.1 Å². The first-order valence-corrected chi connectivity index (χ1v) is 7.69. The molecule has 0 spiro atoms. The third-order valence-electron chi connectivity index (χ3n) is 3.95. The number of nitrogens with zero attached hydrogens (tertiary/aromatic N) is 2. The Bertz CT molecular complexity index is 596. The van der Waals surface area contributed by atoms with Gasteiger partial charge in [-0.3, -0.25) is 9.59 Å². The fourth-order valence-corrected chi connectivity index (χ4v) is 2.64. The van der Waals surface area contributed by atoms with Gasteiger partial charge in [0.05, 0.1) is 5.56 Å². The molecule has 0 saturated carbocycles. The van der Waals surface area contributed by atoms with Gasteiger partial charge in [0, 0.05) is 44.7 Å². The Balaban J connectivity index is 1.88. The fourth-order valence-electron chi connectivity index (χ4n) is 2.64. The van der Waals surface area contributed by atoms with Crippen LogP contribution in [-0.2, 0) is 15.8 Å². The minimum atomic E-state index is -4.38. The number of amides is 1. The first-order valence-electron chi connectivity index (χ1n) is 7.69. The van der Waals surface area contributed by atoms with E-state index < -0.39 is 17.7 Å². The number of benzene rings is 1. The second-order valence-electron chi connectivity index (χ2n) is 5.66. The summed E-state index contributed by atoms with van der Waals surface area (Å²) in [5.74, 6) is -1.04. The second-order valence-corrected chi connectivity index (χ2v) is 5.66. The molecule has 0 aromatic heterocycles. The summed E-state index contributed by atoms with van der Waals surface area (Å²) in [6.45, 7) is 1.74. The van der Waals surface area contributed by atoms with E-state index in [0.29, 0.717) is 38.3 Å². The zero-order valence-electron chi connectivity index (χ0n) is 13.1. The van der Waals surface area contributed by atoms with E-state index in [9.17, 15) is 22.8 Å². The molecule has 1 heterocycles. The summed E-state index contributed by atoms with van der Waals surface area (Å²) in [7, 11) is 0. The standard InChI is InChI=1S/C16H19F3N2O3/c17-16(18,19)12-3-1-4-13(11-12)20-7-9-21(10-8-20)14(22)5-2-6-15(23)24/h1,3-4,11H,2,5-10H2,(H,23,24). The van der Waals surface area contributed by atoms with E-state index in [0.717, 1.165) is 12.1 Å². The first kappa shape index (κ1) is 18.1. The molecule has 1 fully saturated rings. The number of piperazine rings is 1. The number of carbonyl (C=O) groups is 2. The van der Waals surface area contributed by atoms with E-state index in [-0.39, 0.29) is 18.7 Å². The largest absolute Gasteiger partial charge is 0.481 e. The van der Waals surface area contributed by atoms with Gasteiger partial charge in [0.2, 0.25) is 5.91 Å². The van der Waals surface area contributed by atoms with Crippen molar-refractivity contribution >= 4 is 17.6 Å². The quantitative estimate of drug-likeness (QED) is 0.892. The molecule has 1 aromatic rings. The van der Waals surface area contributed by atoms with Gasteiger partial charge in [0.1, 0.15) is 0 Å². The SMILES string of the molecule is O=C(O)CCCC(=O)N1CCN(c2cccc(C(F)(F)F)c2)CC1. The zero-order valence-corrected chi connectivity index (χ0v) is 13.1. The highest BCUT2D eigenvalue weighted by atomic mass is 19.4. The monoisotopic (exact) mass is 344 g/mol. The number of carbonyl (C=O) groups excluding carboxylic acids is 1. The number of hydrogen-bond acceptors (Lipinski definition) is 3. The van der Waals surface area contributed by atoms with Crippen LogP contribution in [0.2, 0.25) is 0 Å². The van der Waals surface area contributed by atoms with Crippen molar-refractivity contribution in [2.24, 2.45) is 0 Å². The molecule has 8 heteroatoms. The Hall–Kier alpha value is -2.25. The molecule has 1 aliphatic rings. The van der Waals surface area contributed by atoms with Crippen LogP contribution >= 0.6 is 0 Å². The van der Waals surface area contributed by atoms with Crippen molar-refractivity contribution in [1.82, 2.24) is 4.90 Å². The second kappa shape index (κ2) is 7.55. The summed E-state index contributed by atoms with van der Waals surface area (Å²) < 4.78 is 38.3. The summed E-state index contributed by atoms with van der Waals surface area (Å²) in [5, 5.41) is 8.57. The van der Waals surface area contributed by atoms with Crippen LogP contribution < -0.4 is 4.90 Å². The molecule has 0 unspecified atom stereocenters. The normalized spacial score (nSPS) is 15.5. The molecule has 0 aliphatic carbocycles. The Morgan fingerprint density at radius 2 is 1.75 bits per heavy atom. The van der Waals surface area contributed by atoms with Crippen LogP contribution in [0.5, 0.6) is 0 Å². The topological polar surface area (TPSA) is 60.9 Å². The predicted molar refractivity (Wildman–Crippen MR) is 81.7 cm³/mol. The number of rotatable bonds is 5. The molecule has 0 atom stereocenters. The van der Waals surface area contributed by atoms with Crippen molar-refractivity contribution < 1.29 is 27.9 Å². The Morgan fingerprint density at radius 1 is 1.08 bits per heavy atom. The van der Waals surface area contributed by atoms with E-state index in [1.165, 1.54) is 6.07 Å². The number of carboxylic acids is 1. The highest BCUT2D eigenvalue weighted by Crippen LogP contribution is 2.31. The van der Waals surface area contributed by atoms with Crippen molar-refractivity contribution in [3.05, 3.63) is 29.8 Å². The lowest BCUT2D eigenvalue weighted by Gasteiger charge is -2.36. The van der Waals surface area contributed by atoms with Crippen molar-refractivity contribution in [2.45, 2.75) is 25.4 Å². The van der Waals surface area contributed by atoms with Crippen LogP contribution in [0.4, 0.5) is 18.9 Å². The lowest BCUT2D eigenvalue weighted by molar-refractivity contribution is -0.138. The fraction of sp³-hybridized carbons (Fsp3) is 0.500. The molecule has 2 rings (SSSR count). The van der Waals surface area contributed by atoms with Gasteiger partial charge in [-0.05, 0) is 24.6 Å². The summed E-state index contributed by atoms with van der Waals surface area (Å²) in [4.78, 5) is 25.9. The van der Waals surface area contributed by atoms with E-state index >= 15 is 0 Å². The third kappa shape index (κ3) is 4.87. The number of carboxylic acid groups (broad SMARTS) is 1. The van der Waals surface area contributed by atoms with Gasteiger partial charge >= 0.3 is 12.1 Å². The Morgan fingerprint density at radius 3 is 2.33 bits per heavy atom. The molecule has 1 aliphatic heterocycles. The van der Waals surface area contributed by atoms with E-state index in [4.69, 9.17) is 5.11 Å². The summed E-state index contributed by atoms with van der Waals surface area (Å²) >= 11 is 0. The molecule has 1 amide bonds. The first-order chi connectivity index (χ1) is 11.3. The molecular formula is C16H19F3N2O3. The van der Waals surface area contributed by atoms with Gasteiger partial charge in [0.25, 0.3) is 0 Å². The van der Waals surface area contributed by atoms with Crippen molar-refractivity contribution in [3.63, 3.8) is 0 Å². The number of alkyl halides is 3. The Kier molecular flexibility index (Phi) is 5.69. The predicted octanol–water partition coefficient (Wildman–Crippen LogP) is 2.61. The molecule has 1 aromatic carbocycles. The summed E-state index contributed by atoms with van der Waals surface area (Å²) in [6, 6.07) is 5.15.